The Morgan fingerprint density at radius 3 is 2.56 bits per heavy atom. The number of benzene rings is 1. The molecule has 2 rings (SSSR count). The van der Waals surface area contributed by atoms with E-state index in [4.69, 9.17) is 0 Å². The minimum Gasteiger partial charge on any atom is -0.360 e. The molecular formula is C20H31N4O+. The largest absolute Gasteiger partial charge is 0.360 e. The van der Waals surface area contributed by atoms with Gasteiger partial charge in [-0.3, -0.25) is 4.79 Å². The van der Waals surface area contributed by atoms with Crippen molar-refractivity contribution < 1.29 is 9.69 Å². The Balaban J connectivity index is 1.89. The fourth-order valence-corrected chi connectivity index (χ4v) is 3.18. The molecule has 136 valence electrons. The second-order valence-electron chi connectivity index (χ2n) is 7.65. The average molecular weight is 343 g/mol. The molecule has 0 aromatic heterocycles. The van der Waals surface area contributed by atoms with Gasteiger partial charge >= 0.3 is 0 Å². The van der Waals surface area contributed by atoms with Crippen LogP contribution in [-0.4, -0.2) is 44.2 Å². The van der Waals surface area contributed by atoms with Gasteiger partial charge in [0.15, 0.2) is 6.54 Å². The first-order chi connectivity index (χ1) is 11.8. The van der Waals surface area contributed by atoms with Gasteiger partial charge in [-0.2, -0.15) is 5.26 Å². The van der Waals surface area contributed by atoms with Gasteiger partial charge in [0.25, 0.3) is 5.91 Å². The van der Waals surface area contributed by atoms with Crippen molar-refractivity contribution in [2.75, 3.05) is 37.6 Å². The van der Waals surface area contributed by atoms with Gasteiger partial charge in [0, 0.05) is 5.69 Å². The van der Waals surface area contributed by atoms with Gasteiger partial charge in [-0.25, -0.2) is 0 Å². The lowest BCUT2D eigenvalue weighted by molar-refractivity contribution is -0.892. The van der Waals surface area contributed by atoms with Crippen LogP contribution in [0.3, 0.4) is 0 Å². The molecule has 5 nitrogen and oxygen atoms in total. The number of anilines is 1. The van der Waals surface area contributed by atoms with Crippen LogP contribution in [0.4, 0.5) is 5.69 Å². The van der Waals surface area contributed by atoms with Crippen LogP contribution in [-0.2, 0) is 4.79 Å². The minimum absolute atomic E-state index is 0.0343. The molecule has 25 heavy (non-hydrogen) atoms. The van der Waals surface area contributed by atoms with Gasteiger partial charge in [-0.15, -0.1) is 0 Å². The second kappa shape index (κ2) is 7.88. The maximum Gasteiger partial charge on any atom is 0.276 e. The number of rotatable bonds is 5. The Morgan fingerprint density at radius 1 is 1.36 bits per heavy atom. The summed E-state index contributed by atoms with van der Waals surface area (Å²) in [6, 6.07) is 8.67. The lowest BCUT2D eigenvalue weighted by Crippen LogP contribution is -3.16. The van der Waals surface area contributed by atoms with Crippen molar-refractivity contribution in [3.8, 4) is 6.07 Å². The van der Waals surface area contributed by atoms with Crippen LogP contribution in [0, 0.1) is 31.1 Å². The van der Waals surface area contributed by atoms with Gasteiger partial charge in [-0.05, 0) is 43.9 Å². The predicted molar refractivity (Wildman–Crippen MR) is 101 cm³/mol. The molecule has 0 unspecified atom stereocenters. The van der Waals surface area contributed by atoms with Crippen molar-refractivity contribution in [3.63, 3.8) is 0 Å². The Morgan fingerprint density at radius 2 is 2.00 bits per heavy atom. The van der Waals surface area contributed by atoms with E-state index in [9.17, 15) is 10.1 Å². The van der Waals surface area contributed by atoms with Crippen LogP contribution in [0.2, 0.25) is 0 Å². The van der Waals surface area contributed by atoms with Crippen molar-refractivity contribution in [1.82, 2.24) is 5.32 Å². The quantitative estimate of drug-likeness (QED) is 0.840. The molecule has 1 atom stereocenters. The normalized spacial score (nSPS) is 17.9. The minimum atomic E-state index is -0.795. The highest BCUT2D eigenvalue weighted by Crippen LogP contribution is 2.22. The summed E-state index contributed by atoms with van der Waals surface area (Å²) in [5, 5.41) is 12.3. The first-order valence-corrected chi connectivity index (χ1v) is 9.14. The van der Waals surface area contributed by atoms with Gasteiger partial charge in [0.05, 0.1) is 32.2 Å². The van der Waals surface area contributed by atoms with Crippen molar-refractivity contribution in [1.29, 1.82) is 5.26 Å². The van der Waals surface area contributed by atoms with Crippen LogP contribution < -0.4 is 15.1 Å². The van der Waals surface area contributed by atoms with Crippen LogP contribution in [0.15, 0.2) is 18.2 Å². The number of hydrogen-bond donors (Lipinski definition) is 2. The SMILES string of the molecule is Cc1cccc(N2CC[NH+](CC(=O)N[C@@](C)(C#N)C(C)C)CC2)c1C. The topological polar surface area (TPSA) is 60.6 Å². The number of carbonyl (C=O) groups is 1. The van der Waals surface area contributed by atoms with E-state index in [0.717, 1.165) is 26.2 Å². The zero-order valence-electron chi connectivity index (χ0n) is 16.1. The maximum absolute atomic E-state index is 12.3. The van der Waals surface area contributed by atoms with E-state index in [-0.39, 0.29) is 11.8 Å². The number of piperazine rings is 1. The van der Waals surface area contributed by atoms with E-state index in [1.165, 1.54) is 21.7 Å². The number of nitrogens with one attached hydrogen (secondary N) is 2. The smallest absolute Gasteiger partial charge is 0.276 e. The Labute approximate surface area is 151 Å². The molecule has 1 aromatic rings. The third-order valence-electron chi connectivity index (χ3n) is 5.58. The van der Waals surface area contributed by atoms with Gasteiger partial charge in [0.2, 0.25) is 0 Å². The third-order valence-corrected chi connectivity index (χ3v) is 5.58. The van der Waals surface area contributed by atoms with Gasteiger partial charge < -0.3 is 15.1 Å². The molecule has 0 saturated carbocycles. The highest BCUT2D eigenvalue weighted by molar-refractivity contribution is 5.78. The van der Waals surface area contributed by atoms with Crippen LogP contribution in [0.25, 0.3) is 0 Å². The second-order valence-corrected chi connectivity index (χ2v) is 7.65. The van der Waals surface area contributed by atoms with Crippen molar-refractivity contribution >= 4 is 11.6 Å². The average Bonchev–Trinajstić information content (AvgIpc) is 2.58. The van der Waals surface area contributed by atoms with E-state index >= 15 is 0 Å². The molecule has 1 saturated heterocycles. The number of amides is 1. The molecule has 0 aliphatic carbocycles. The van der Waals surface area contributed by atoms with E-state index < -0.39 is 5.54 Å². The fourth-order valence-electron chi connectivity index (χ4n) is 3.18. The summed E-state index contributed by atoms with van der Waals surface area (Å²) in [4.78, 5) is 16.0. The summed E-state index contributed by atoms with van der Waals surface area (Å²) in [5.41, 5.74) is 3.17. The Kier molecular flexibility index (Phi) is 6.07. The molecule has 1 aromatic carbocycles. The molecule has 0 spiro atoms. The number of quaternary nitrogens is 1. The van der Waals surface area contributed by atoms with E-state index in [1.807, 2.05) is 13.8 Å². The molecular weight excluding hydrogens is 312 g/mol. The molecule has 1 amide bonds. The molecule has 5 heteroatoms. The maximum atomic E-state index is 12.3. The Hall–Kier alpha value is -2.06. The monoisotopic (exact) mass is 343 g/mol. The molecule has 1 aliphatic rings. The zero-order valence-corrected chi connectivity index (χ0v) is 16.1. The van der Waals surface area contributed by atoms with Crippen LogP contribution >= 0.6 is 0 Å². The highest BCUT2D eigenvalue weighted by atomic mass is 16.2. The Bertz CT molecular complexity index is 656. The molecule has 1 aliphatic heterocycles. The van der Waals surface area contributed by atoms with Gasteiger partial charge in [-0.1, -0.05) is 26.0 Å². The van der Waals surface area contributed by atoms with E-state index in [2.05, 4.69) is 48.3 Å². The van der Waals surface area contributed by atoms with Crippen LogP contribution in [0.1, 0.15) is 31.9 Å². The number of nitriles is 1. The lowest BCUT2D eigenvalue weighted by Gasteiger charge is -2.35. The first kappa shape index (κ1) is 19.3. The van der Waals surface area contributed by atoms with Crippen molar-refractivity contribution in [2.45, 2.75) is 40.2 Å². The van der Waals surface area contributed by atoms with Crippen molar-refractivity contribution in [2.24, 2.45) is 5.92 Å². The highest BCUT2D eigenvalue weighted by Gasteiger charge is 2.32. The summed E-state index contributed by atoms with van der Waals surface area (Å²) in [7, 11) is 0. The van der Waals surface area contributed by atoms with E-state index in [0.29, 0.717) is 6.54 Å². The van der Waals surface area contributed by atoms with Crippen molar-refractivity contribution in [3.05, 3.63) is 29.3 Å². The van der Waals surface area contributed by atoms with Gasteiger partial charge in [0.1, 0.15) is 5.54 Å². The summed E-state index contributed by atoms with van der Waals surface area (Å²) >= 11 is 0. The first-order valence-electron chi connectivity index (χ1n) is 9.14. The molecule has 1 fully saturated rings. The molecule has 1 heterocycles. The fraction of sp³-hybridized carbons (Fsp3) is 0.600. The number of aryl methyl sites for hydroxylation is 1. The summed E-state index contributed by atoms with van der Waals surface area (Å²) in [6.45, 7) is 14.2. The molecule has 0 bridgehead atoms. The molecule has 0 radical (unpaired) electrons. The van der Waals surface area contributed by atoms with Crippen LogP contribution in [0.5, 0.6) is 0 Å². The lowest BCUT2D eigenvalue weighted by atomic mass is 9.90. The summed E-state index contributed by atoms with van der Waals surface area (Å²) < 4.78 is 0. The van der Waals surface area contributed by atoms with E-state index in [1.54, 1.807) is 6.92 Å². The summed E-state index contributed by atoms with van der Waals surface area (Å²) in [6.07, 6.45) is 0. The molecule has 2 N–H and O–H groups in total. The number of hydrogen-bond acceptors (Lipinski definition) is 3. The number of carbonyl (C=O) groups excluding carboxylic acids is 1. The standard InChI is InChI=1S/C20H30N4O/c1-15(2)20(5,14-21)22-19(25)13-23-9-11-24(12-10-23)18-8-6-7-16(3)17(18)4/h6-8,15H,9-13H2,1-5H3,(H,22,25)/p+1/t20-/m0/s1. The third kappa shape index (κ3) is 4.52. The zero-order chi connectivity index (χ0) is 18.6. The predicted octanol–water partition coefficient (Wildman–Crippen LogP) is 1.06. The summed E-state index contributed by atoms with van der Waals surface area (Å²) in [5.74, 6) is 0.0468. The number of nitrogens with zero attached hydrogens (tertiary/aromatic N) is 2.